The van der Waals surface area contributed by atoms with Gasteiger partial charge in [0.05, 0.1) is 12.0 Å². The molecule has 1 aliphatic carbocycles. The first-order valence-electron chi connectivity index (χ1n) is 7.51. The van der Waals surface area contributed by atoms with Crippen LogP contribution in [0.15, 0.2) is 34.3 Å². The lowest BCUT2D eigenvalue weighted by Gasteiger charge is -2.23. The normalized spacial score (nSPS) is 23.1. The van der Waals surface area contributed by atoms with Gasteiger partial charge in [-0.3, -0.25) is 4.79 Å². The first-order chi connectivity index (χ1) is 10.3. The molecule has 2 unspecified atom stereocenters. The van der Waals surface area contributed by atoms with E-state index in [1.807, 2.05) is 12.1 Å². The number of hydrogen-bond acceptors (Lipinski definition) is 4. The molecule has 2 rings (SSSR count). The van der Waals surface area contributed by atoms with Crippen molar-refractivity contribution in [3.63, 3.8) is 0 Å². The monoisotopic (exact) mass is 309 g/mol. The van der Waals surface area contributed by atoms with Crippen LogP contribution in [0.1, 0.15) is 37.9 Å². The van der Waals surface area contributed by atoms with Crippen LogP contribution in [0.3, 0.4) is 0 Å². The molecule has 2 atom stereocenters. The van der Waals surface area contributed by atoms with E-state index in [9.17, 15) is 9.90 Å². The number of thioether (sulfide) groups is 1. The third-order valence-corrected chi connectivity index (χ3v) is 4.62. The quantitative estimate of drug-likeness (QED) is 0.626. The van der Waals surface area contributed by atoms with E-state index in [4.69, 9.17) is 4.42 Å². The number of hydrogen-bond donors (Lipinski definition) is 2. The van der Waals surface area contributed by atoms with Gasteiger partial charge in [-0.25, -0.2) is 0 Å². The maximum atomic E-state index is 11.9. The smallest absolute Gasteiger partial charge is 0.244 e. The highest BCUT2D eigenvalue weighted by atomic mass is 32.2. The number of rotatable bonds is 6. The molecule has 0 aromatic carbocycles. The van der Waals surface area contributed by atoms with E-state index in [-0.39, 0.29) is 24.5 Å². The molecule has 1 amide bonds. The fourth-order valence-corrected chi connectivity index (χ4v) is 3.30. The molecule has 21 heavy (non-hydrogen) atoms. The summed E-state index contributed by atoms with van der Waals surface area (Å²) in [6.07, 6.45) is 8.63. The summed E-state index contributed by atoms with van der Waals surface area (Å²) >= 11 is 1.53. The van der Waals surface area contributed by atoms with Crippen molar-refractivity contribution < 1.29 is 14.3 Å². The highest BCUT2D eigenvalue weighted by molar-refractivity contribution is 8.01. The second-order valence-electron chi connectivity index (χ2n) is 5.39. The van der Waals surface area contributed by atoms with E-state index in [0.29, 0.717) is 0 Å². The van der Waals surface area contributed by atoms with Crippen molar-refractivity contribution in [1.29, 1.82) is 0 Å². The molecular formula is C16H23NO3S. The zero-order valence-corrected chi connectivity index (χ0v) is 13.0. The molecule has 4 nitrogen and oxygen atoms in total. The standard InChI is InChI=1S/C16H23NO3S/c18-11-13-5-2-1-3-7-15(13)17-16(19)8-10-21-12-14-6-4-9-20-14/h4,6,8-10,13,15,18H,1-3,5,7,11-12H2,(H,17,19)/b10-8+. The van der Waals surface area contributed by atoms with Crippen molar-refractivity contribution in [2.75, 3.05) is 6.61 Å². The van der Waals surface area contributed by atoms with Crippen LogP contribution in [-0.2, 0) is 10.5 Å². The zero-order valence-electron chi connectivity index (χ0n) is 12.2. The molecule has 116 valence electrons. The average Bonchev–Trinajstić information content (AvgIpc) is 2.90. The first kappa shape index (κ1) is 16.2. The van der Waals surface area contributed by atoms with Gasteiger partial charge in [0.15, 0.2) is 0 Å². The van der Waals surface area contributed by atoms with E-state index in [0.717, 1.165) is 37.2 Å². The average molecular weight is 309 g/mol. The van der Waals surface area contributed by atoms with E-state index >= 15 is 0 Å². The minimum Gasteiger partial charge on any atom is -0.468 e. The molecule has 1 heterocycles. The maximum absolute atomic E-state index is 11.9. The lowest BCUT2D eigenvalue weighted by atomic mass is 9.95. The van der Waals surface area contributed by atoms with Gasteiger partial charge in [0.25, 0.3) is 0 Å². The van der Waals surface area contributed by atoms with Crippen molar-refractivity contribution >= 4 is 17.7 Å². The minimum atomic E-state index is -0.0766. The second kappa shape index (κ2) is 8.95. The molecule has 0 spiro atoms. The Balaban J connectivity index is 1.74. The van der Waals surface area contributed by atoms with Crippen molar-refractivity contribution in [2.45, 2.75) is 43.9 Å². The van der Waals surface area contributed by atoms with E-state index in [2.05, 4.69) is 5.32 Å². The Hall–Kier alpha value is -1.20. The fraction of sp³-hybridized carbons (Fsp3) is 0.562. The van der Waals surface area contributed by atoms with E-state index in [1.54, 1.807) is 17.7 Å². The van der Waals surface area contributed by atoms with Gasteiger partial charge in [-0.2, -0.15) is 0 Å². The largest absolute Gasteiger partial charge is 0.468 e. The van der Waals surface area contributed by atoms with Crippen LogP contribution in [0.4, 0.5) is 0 Å². The number of nitrogens with one attached hydrogen (secondary N) is 1. The molecule has 1 aromatic heterocycles. The summed E-state index contributed by atoms with van der Waals surface area (Å²) in [6, 6.07) is 3.87. The fourth-order valence-electron chi connectivity index (χ4n) is 2.66. The summed E-state index contributed by atoms with van der Waals surface area (Å²) in [7, 11) is 0. The first-order valence-corrected chi connectivity index (χ1v) is 8.56. The molecule has 0 radical (unpaired) electrons. The van der Waals surface area contributed by atoms with E-state index in [1.165, 1.54) is 18.2 Å². The number of carbonyl (C=O) groups excluding carboxylic acids is 1. The molecule has 0 aliphatic heterocycles. The van der Waals surface area contributed by atoms with E-state index < -0.39 is 0 Å². The molecule has 5 heteroatoms. The van der Waals surface area contributed by atoms with Gasteiger partial charge in [-0.15, -0.1) is 11.8 Å². The highest BCUT2D eigenvalue weighted by Gasteiger charge is 2.23. The molecule has 1 fully saturated rings. The molecule has 1 saturated carbocycles. The molecule has 1 aromatic rings. The van der Waals surface area contributed by atoms with Crippen LogP contribution >= 0.6 is 11.8 Å². The lowest BCUT2D eigenvalue weighted by molar-refractivity contribution is -0.117. The Morgan fingerprint density at radius 2 is 2.29 bits per heavy atom. The lowest BCUT2D eigenvalue weighted by Crippen LogP contribution is -2.40. The van der Waals surface area contributed by atoms with Crippen LogP contribution in [0.2, 0.25) is 0 Å². The zero-order chi connectivity index (χ0) is 14.9. The van der Waals surface area contributed by atoms with Gasteiger partial charge in [0, 0.05) is 24.6 Å². The summed E-state index contributed by atoms with van der Waals surface area (Å²) < 4.78 is 5.22. The Morgan fingerprint density at radius 3 is 3.05 bits per heavy atom. The predicted molar refractivity (Wildman–Crippen MR) is 84.7 cm³/mol. The molecule has 0 bridgehead atoms. The predicted octanol–water partition coefficient (Wildman–Crippen LogP) is 3.08. The molecule has 0 saturated heterocycles. The number of carbonyl (C=O) groups is 1. The van der Waals surface area contributed by atoms with Gasteiger partial charge in [0.2, 0.25) is 5.91 Å². The van der Waals surface area contributed by atoms with Crippen molar-refractivity contribution in [2.24, 2.45) is 5.92 Å². The van der Waals surface area contributed by atoms with Gasteiger partial charge < -0.3 is 14.8 Å². The van der Waals surface area contributed by atoms with Crippen LogP contribution < -0.4 is 5.32 Å². The Bertz CT molecular complexity index is 444. The Labute approximate surface area is 130 Å². The maximum Gasteiger partial charge on any atom is 0.244 e. The van der Waals surface area contributed by atoms with Gasteiger partial charge >= 0.3 is 0 Å². The number of aliphatic hydroxyl groups excluding tert-OH is 1. The third kappa shape index (κ3) is 5.59. The van der Waals surface area contributed by atoms with Gasteiger partial charge in [0.1, 0.15) is 5.76 Å². The number of aliphatic hydroxyl groups is 1. The second-order valence-corrected chi connectivity index (χ2v) is 6.28. The summed E-state index contributed by atoms with van der Waals surface area (Å²) in [4.78, 5) is 11.9. The van der Waals surface area contributed by atoms with Gasteiger partial charge in [-0.05, 0) is 30.4 Å². The third-order valence-electron chi connectivity index (χ3n) is 3.84. The summed E-state index contributed by atoms with van der Waals surface area (Å²) in [5.74, 6) is 1.74. The van der Waals surface area contributed by atoms with Crippen molar-refractivity contribution in [1.82, 2.24) is 5.32 Å². The van der Waals surface area contributed by atoms with Crippen molar-refractivity contribution in [3.05, 3.63) is 35.6 Å². The SMILES string of the molecule is O=C(/C=C/SCc1ccco1)NC1CCCCCC1CO. The summed E-state index contributed by atoms with van der Waals surface area (Å²) in [5, 5.41) is 14.3. The number of amides is 1. The van der Waals surface area contributed by atoms with Crippen LogP contribution in [0, 0.1) is 5.92 Å². The Kier molecular flexibility index (Phi) is 6.89. The topological polar surface area (TPSA) is 62.5 Å². The Morgan fingerprint density at radius 1 is 1.43 bits per heavy atom. The van der Waals surface area contributed by atoms with Gasteiger partial charge in [-0.1, -0.05) is 19.3 Å². The highest BCUT2D eigenvalue weighted by Crippen LogP contribution is 2.23. The summed E-state index contributed by atoms with van der Waals surface area (Å²) in [5.41, 5.74) is 0. The van der Waals surface area contributed by atoms with Crippen LogP contribution in [0.25, 0.3) is 0 Å². The van der Waals surface area contributed by atoms with Crippen molar-refractivity contribution in [3.8, 4) is 0 Å². The van der Waals surface area contributed by atoms with Crippen LogP contribution in [0.5, 0.6) is 0 Å². The van der Waals surface area contributed by atoms with Crippen LogP contribution in [-0.4, -0.2) is 23.7 Å². The molecule has 1 aliphatic rings. The molecular weight excluding hydrogens is 286 g/mol. The molecule has 2 N–H and O–H groups in total. The summed E-state index contributed by atoms with van der Waals surface area (Å²) in [6.45, 7) is 0.155. The minimum absolute atomic E-state index is 0.0766. The number of furan rings is 1.